The quantitative estimate of drug-likeness (QED) is 0.882. The summed E-state index contributed by atoms with van der Waals surface area (Å²) < 4.78 is 32.0. The van der Waals surface area contributed by atoms with Crippen molar-refractivity contribution in [3.63, 3.8) is 0 Å². The highest BCUT2D eigenvalue weighted by molar-refractivity contribution is 7.89. The highest BCUT2D eigenvalue weighted by atomic mass is 32.2. The monoisotopic (exact) mass is 339 g/mol. The van der Waals surface area contributed by atoms with Crippen molar-refractivity contribution in [2.24, 2.45) is 0 Å². The van der Waals surface area contributed by atoms with Crippen LogP contribution in [0.15, 0.2) is 18.2 Å². The number of nitrogens with zero attached hydrogens (tertiary/aromatic N) is 1. The van der Waals surface area contributed by atoms with Crippen molar-refractivity contribution in [1.82, 2.24) is 4.31 Å². The average Bonchev–Trinajstić information content (AvgIpc) is 3.05. The molecule has 1 saturated heterocycles. The minimum absolute atomic E-state index is 0.0560. The molecule has 3 rings (SSSR count). The number of aromatic carboxylic acids is 1. The standard InChI is InChI=1S/C16H21NO5S/c18-16(19)15-5-1-3-12-11-17(8-6-14(12)15)23(20,21)10-7-13-4-2-9-22-13/h1,3,5,13H,2,4,6-11H2,(H,18,19). The number of carbonyl (C=O) groups is 1. The fraction of sp³-hybridized carbons (Fsp3) is 0.562. The van der Waals surface area contributed by atoms with Crippen LogP contribution in [0.3, 0.4) is 0 Å². The first-order valence-corrected chi connectivity index (χ1v) is 9.52. The third-order valence-corrected chi connectivity index (χ3v) is 6.43. The van der Waals surface area contributed by atoms with Gasteiger partial charge in [-0.25, -0.2) is 13.2 Å². The maximum atomic E-state index is 12.5. The molecule has 1 aromatic rings. The van der Waals surface area contributed by atoms with E-state index in [2.05, 4.69) is 0 Å². The molecule has 0 amide bonds. The Balaban J connectivity index is 1.71. The van der Waals surface area contributed by atoms with Gasteiger partial charge in [-0.2, -0.15) is 4.31 Å². The zero-order valence-corrected chi connectivity index (χ0v) is 13.7. The van der Waals surface area contributed by atoms with Crippen LogP contribution < -0.4 is 0 Å². The fourth-order valence-electron chi connectivity index (χ4n) is 3.30. The molecule has 2 aliphatic rings. The number of ether oxygens (including phenoxy) is 1. The van der Waals surface area contributed by atoms with Crippen molar-refractivity contribution < 1.29 is 23.1 Å². The lowest BCUT2D eigenvalue weighted by molar-refractivity contribution is 0.0695. The van der Waals surface area contributed by atoms with Crippen molar-refractivity contribution >= 4 is 16.0 Å². The highest BCUT2D eigenvalue weighted by Crippen LogP contribution is 2.25. The number of sulfonamides is 1. The van der Waals surface area contributed by atoms with Gasteiger partial charge in [-0.3, -0.25) is 0 Å². The Bertz CT molecular complexity index is 694. The van der Waals surface area contributed by atoms with Crippen molar-refractivity contribution in [2.75, 3.05) is 18.9 Å². The minimum Gasteiger partial charge on any atom is -0.478 e. The van der Waals surface area contributed by atoms with Gasteiger partial charge < -0.3 is 9.84 Å². The van der Waals surface area contributed by atoms with Gasteiger partial charge in [0.15, 0.2) is 0 Å². The molecule has 0 radical (unpaired) electrons. The summed E-state index contributed by atoms with van der Waals surface area (Å²) >= 11 is 0. The summed E-state index contributed by atoms with van der Waals surface area (Å²) in [4.78, 5) is 11.3. The molecule has 0 saturated carbocycles. The van der Waals surface area contributed by atoms with E-state index < -0.39 is 16.0 Å². The number of benzene rings is 1. The Morgan fingerprint density at radius 3 is 2.91 bits per heavy atom. The van der Waals surface area contributed by atoms with Gasteiger partial charge >= 0.3 is 5.97 Å². The third-order valence-electron chi connectivity index (χ3n) is 4.58. The second kappa shape index (κ2) is 6.59. The van der Waals surface area contributed by atoms with Gasteiger partial charge in [-0.05, 0) is 42.9 Å². The molecule has 2 heterocycles. The fourth-order valence-corrected chi connectivity index (χ4v) is 4.83. The maximum absolute atomic E-state index is 12.5. The van der Waals surface area contributed by atoms with E-state index >= 15 is 0 Å². The summed E-state index contributed by atoms with van der Waals surface area (Å²) in [5.74, 6) is -0.873. The van der Waals surface area contributed by atoms with Gasteiger partial charge in [0.25, 0.3) is 0 Å². The van der Waals surface area contributed by atoms with E-state index in [1.54, 1.807) is 12.1 Å². The Labute approximate surface area is 136 Å². The molecule has 1 N–H and O–H groups in total. The molecule has 1 fully saturated rings. The second-order valence-corrected chi connectivity index (χ2v) is 8.16. The van der Waals surface area contributed by atoms with Crippen LogP contribution in [0.4, 0.5) is 0 Å². The summed E-state index contributed by atoms with van der Waals surface area (Å²) in [6.07, 6.45) is 2.96. The number of hydrogen-bond donors (Lipinski definition) is 1. The first kappa shape index (κ1) is 16.4. The molecule has 0 aromatic heterocycles. The lowest BCUT2D eigenvalue weighted by atomic mass is 9.95. The Kier molecular flexibility index (Phi) is 4.70. The normalized spacial score (nSPS) is 22.0. The van der Waals surface area contributed by atoms with E-state index in [9.17, 15) is 18.3 Å². The van der Waals surface area contributed by atoms with Crippen LogP contribution in [0.1, 0.15) is 40.7 Å². The summed E-state index contributed by atoms with van der Waals surface area (Å²) in [5.41, 5.74) is 1.82. The van der Waals surface area contributed by atoms with Crippen molar-refractivity contribution in [2.45, 2.75) is 38.3 Å². The van der Waals surface area contributed by atoms with E-state index in [0.717, 1.165) is 30.6 Å². The highest BCUT2D eigenvalue weighted by Gasteiger charge is 2.29. The molecule has 1 unspecified atom stereocenters. The van der Waals surface area contributed by atoms with Gasteiger partial charge in [-0.15, -0.1) is 0 Å². The molecule has 23 heavy (non-hydrogen) atoms. The average molecular weight is 339 g/mol. The Hall–Kier alpha value is -1.44. The molecule has 2 aliphatic heterocycles. The molecular formula is C16H21NO5S. The molecule has 126 valence electrons. The van der Waals surface area contributed by atoms with E-state index in [1.807, 2.05) is 6.07 Å². The van der Waals surface area contributed by atoms with Gasteiger partial charge in [0.05, 0.1) is 17.4 Å². The van der Waals surface area contributed by atoms with Crippen LogP contribution in [0.25, 0.3) is 0 Å². The summed E-state index contributed by atoms with van der Waals surface area (Å²) in [6.45, 7) is 1.31. The van der Waals surface area contributed by atoms with E-state index in [0.29, 0.717) is 19.4 Å². The summed E-state index contributed by atoms with van der Waals surface area (Å²) in [7, 11) is -3.34. The summed E-state index contributed by atoms with van der Waals surface area (Å²) in [5, 5.41) is 9.23. The van der Waals surface area contributed by atoms with Crippen LogP contribution >= 0.6 is 0 Å². The molecule has 1 aromatic carbocycles. The van der Waals surface area contributed by atoms with E-state index in [1.165, 1.54) is 4.31 Å². The van der Waals surface area contributed by atoms with Gasteiger partial charge in [0.1, 0.15) is 0 Å². The number of carboxylic acids is 1. The zero-order chi connectivity index (χ0) is 16.4. The zero-order valence-electron chi connectivity index (χ0n) is 12.9. The predicted octanol–water partition coefficient (Wildman–Crippen LogP) is 1.64. The molecule has 0 aliphatic carbocycles. The van der Waals surface area contributed by atoms with Crippen LogP contribution in [-0.4, -0.2) is 48.8 Å². The smallest absolute Gasteiger partial charge is 0.335 e. The molecule has 0 spiro atoms. The number of rotatable bonds is 5. The minimum atomic E-state index is -3.34. The topological polar surface area (TPSA) is 83.9 Å². The molecule has 0 bridgehead atoms. The molecule has 6 nitrogen and oxygen atoms in total. The molecule has 7 heteroatoms. The van der Waals surface area contributed by atoms with E-state index in [-0.39, 0.29) is 24.0 Å². The Morgan fingerprint density at radius 1 is 1.39 bits per heavy atom. The molecular weight excluding hydrogens is 318 g/mol. The van der Waals surface area contributed by atoms with Crippen LogP contribution in [0.2, 0.25) is 0 Å². The van der Waals surface area contributed by atoms with Gasteiger partial charge in [0, 0.05) is 19.7 Å². The first-order valence-electron chi connectivity index (χ1n) is 7.91. The Morgan fingerprint density at radius 2 is 2.22 bits per heavy atom. The first-order chi connectivity index (χ1) is 11.0. The number of hydrogen-bond acceptors (Lipinski definition) is 4. The third kappa shape index (κ3) is 3.57. The number of fused-ring (bicyclic) bond motifs is 1. The SMILES string of the molecule is O=C(O)c1cccc2c1CCN(S(=O)(=O)CCC1CCCO1)C2. The van der Waals surface area contributed by atoms with Crippen LogP contribution in [0.5, 0.6) is 0 Å². The maximum Gasteiger partial charge on any atom is 0.335 e. The lowest BCUT2D eigenvalue weighted by Gasteiger charge is -2.29. The number of carboxylic acid groups (broad SMARTS) is 1. The second-order valence-electron chi connectivity index (χ2n) is 6.07. The van der Waals surface area contributed by atoms with Crippen LogP contribution in [-0.2, 0) is 27.7 Å². The van der Waals surface area contributed by atoms with Gasteiger partial charge in [-0.1, -0.05) is 12.1 Å². The van der Waals surface area contributed by atoms with E-state index in [4.69, 9.17) is 4.74 Å². The predicted molar refractivity (Wildman–Crippen MR) is 84.9 cm³/mol. The van der Waals surface area contributed by atoms with Gasteiger partial charge in [0.2, 0.25) is 10.0 Å². The van der Waals surface area contributed by atoms with Crippen molar-refractivity contribution in [3.8, 4) is 0 Å². The lowest BCUT2D eigenvalue weighted by Crippen LogP contribution is -2.38. The van der Waals surface area contributed by atoms with Crippen molar-refractivity contribution in [3.05, 3.63) is 34.9 Å². The molecule has 1 atom stereocenters. The van der Waals surface area contributed by atoms with Crippen molar-refractivity contribution in [1.29, 1.82) is 0 Å². The van der Waals surface area contributed by atoms with Crippen LogP contribution in [0, 0.1) is 0 Å². The summed E-state index contributed by atoms with van der Waals surface area (Å²) in [6, 6.07) is 5.05. The largest absolute Gasteiger partial charge is 0.478 e.